The number of aromatic nitrogens is 1. The predicted molar refractivity (Wildman–Crippen MR) is 54.1 cm³/mol. The molecule has 0 atom stereocenters. The fraction of sp³-hybridized carbons (Fsp3) is 0.500. The van der Waals surface area contributed by atoms with Crippen LogP contribution in [-0.2, 0) is 6.42 Å². The third kappa shape index (κ3) is 2.91. The van der Waals surface area contributed by atoms with Gasteiger partial charge in [0.05, 0.1) is 0 Å². The molecule has 2 N–H and O–H groups in total. The molecule has 0 bridgehead atoms. The van der Waals surface area contributed by atoms with Gasteiger partial charge in [-0.3, -0.25) is 0 Å². The van der Waals surface area contributed by atoms with Crippen LogP contribution in [0.3, 0.4) is 0 Å². The molecule has 2 heteroatoms. The minimum absolute atomic E-state index is 0.660. The van der Waals surface area contributed by atoms with Crippen LogP contribution in [0.1, 0.15) is 31.9 Å². The van der Waals surface area contributed by atoms with Gasteiger partial charge in [-0.2, -0.15) is 0 Å². The highest BCUT2D eigenvalue weighted by Gasteiger charge is 1.95. The lowest BCUT2D eigenvalue weighted by Crippen LogP contribution is -1.96. The molecule has 0 aliphatic heterocycles. The van der Waals surface area contributed by atoms with Crippen LogP contribution in [0.25, 0.3) is 0 Å². The minimum Gasteiger partial charge on any atom is -0.383 e. The highest BCUT2D eigenvalue weighted by Crippen LogP contribution is 2.09. The maximum Gasteiger partial charge on any atom is 0.126 e. The topological polar surface area (TPSA) is 38.9 Å². The number of rotatable bonds is 1. The maximum absolute atomic E-state index is 5.59. The van der Waals surface area contributed by atoms with Crippen LogP contribution in [0.2, 0.25) is 0 Å². The van der Waals surface area contributed by atoms with Crippen molar-refractivity contribution in [2.24, 2.45) is 0 Å². The maximum atomic E-state index is 5.59. The quantitative estimate of drug-likeness (QED) is 0.696. The minimum atomic E-state index is 0.660. The van der Waals surface area contributed by atoms with Crippen molar-refractivity contribution < 1.29 is 0 Å². The molecule has 0 saturated carbocycles. The zero-order chi connectivity index (χ0) is 9.56. The van der Waals surface area contributed by atoms with E-state index in [0.29, 0.717) is 5.82 Å². The molecule has 68 valence electrons. The van der Waals surface area contributed by atoms with Crippen molar-refractivity contribution in [2.45, 2.75) is 34.1 Å². The van der Waals surface area contributed by atoms with Crippen molar-refractivity contribution in [3.63, 3.8) is 0 Å². The molecule has 0 fully saturated rings. The molecule has 1 rings (SSSR count). The Labute approximate surface area is 74.8 Å². The summed E-state index contributed by atoms with van der Waals surface area (Å²) in [5.41, 5.74) is 7.90. The molecule has 0 amide bonds. The summed E-state index contributed by atoms with van der Waals surface area (Å²) >= 11 is 0. The Morgan fingerprint density at radius 3 is 2.42 bits per heavy atom. The molecule has 12 heavy (non-hydrogen) atoms. The summed E-state index contributed by atoms with van der Waals surface area (Å²) in [6.45, 7) is 8.10. The number of anilines is 1. The van der Waals surface area contributed by atoms with Gasteiger partial charge in [0.2, 0.25) is 0 Å². The molecule has 0 aromatic carbocycles. The standard InChI is InChI=1S/C8H12N2.C2H6/c1-3-7-4-6(2)5-10-8(7)9;1-2/h4-5H,3H2,1-2H3,(H2,9,10);1-2H3. The largest absolute Gasteiger partial charge is 0.383 e. The molecule has 0 aliphatic carbocycles. The van der Waals surface area contributed by atoms with E-state index in [9.17, 15) is 0 Å². The van der Waals surface area contributed by atoms with Gasteiger partial charge in [0, 0.05) is 6.20 Å². The molecule has 0 saturated heterocycles. The molecule has 0 spiro atoms. The number of nitrogens with two attached hydrogens (primary N) is 1. The zero-order valence-electron chi connectivity index (χ0n) is 8.39. The first-order chi connectivity index (χ1) is 5.74. The summed E-state index contributed by atoms with van der Waals surface area (Å²) in [5, 5.41) is 0. The Kier molecular flexibility index (Phi) is 5.09. The van der Waals surface area contributed by atoms with Gasteiger partial charge in [-0.1, -0.05) is 26.8 Å². The number of hydrogen-bond donors (Lipinski definition) is 1. The lowest BCUT2D eigenvalue weighted by Gasteiger charge is -2.00. The molecule has 0 aliphatic rings. The van der Waals surface area contributed by atoms with E-state index in [1.54, 1.807) is 6.20 Å². The lowest BCUT2D eigenvalue weighted by atomic mass is 10.1. The third-order valence-corrected chi connectivity index (χ3v) is 1.52. The Balaban J connectivity index is 0.000000561. The van der Waals surface area contributed by atoms with Crippen LogP contribution in [0.15, 0.2) is 12.3 Å². The highest BCUT2D eigenvalue weighted by molar-refractivity contribution is 5.40. The number of pyridine rings is 1. The van der Waals surface area contributed by atoms with E-state index in [-0.39, 0.29) is 0 Å². The summed E-state index contributed by atoms with van der Waals surface area (Å²) in [4.78, 5) is 4.03. The van der Waals surface area contributed by atoms with Crippen molar-refractivity contribution in [2.75, 3.05) is 5.73 Å². The number of aryl methyl sites for hydroxylation is 2. The smallest absolute Gasteiger partial charge is 0.126 e. The summed E-state index contributed by atoms with van der Waals surface area (Å²) in [5.74, 6) is 0.660. The zero-order valence-corrected chi connectivity index (χ0v) is 8.39. The molecule has 1 aromatic rings. The SMILES string of the molecule is CC.CCc1cc(C)cnc1N. The Bertz CT molecular complexity index is 231. The van der Waals surface area contributed by atoms with Crippen LogP contribution in [-0.4, -0.2) is 4.98 Å². The summed E-state index contributed by atoms with van der Waals surface area (Å²) in [6.07, 6.45) is 2.75. The van der Waals surface area contributed by atoms with Gasteiger partial charge in [0.1, 0.15) is 5.82 Å². The van der Waals surface area contributed by atoms with E-state index >= 15 is 0 Å². The van der Waals surface area contributed by atoms with Crippen LogP contribution in [0, 0.1) is 6.92 Å². The Morgan fingerprint density at radius 1 is 1.42 bits per heavy atom. The van der Waals surface area contributed by atoms with Gasteiger partial charge in [-0.05, 0) is 24.5 Å². The van der Waals surface area contributed by atoms with Gasteiger partial charge >= 0.3 is 0 Å². The van der Waals surface area contributed by atoms with Crippen molar-refractivity contribution in [3.8, 4) is 0 Å². The second kappa shape index (κ2) is 5.58. The second-order valence-electron chi connectivity index (χ2n) is 2.41. The monoisotopic (exact) mass is 166 g/mol. The van der Waals surface area contributed by atoms with Crippen molar-refractivity contribution in [3.05, 3.63) is 23.4 Å². The first-order valence-electron chi connectivity index (χ1n) is 4.45. The highest BCUT2D eigenvalue weighted by atomic mass is 14.8. The van der Waals surface area contributed by atoms with Crippen LogP contribution in [0.5, 0.6) is 0 Å². The van der Waals surface area contributed by atoms with E-state index in [1.807, 2.05) is 20.8 Å². The van der Waals surface area contributed by atoms with Gasteiger partial charge in [0.25, 0.3) is 0 Å². The van der Waals surface area contributed by atoms with E-state index in [4.69, 9.17) is 5.73 Å². The normalized spacial score (nSPS) is 8.67. The summed E-state index contributed by atoms with van der Waals surface area (Å²) in [6, 6.07) is 2.07. The van der Waals surface area contributed by atoms with Crippen molar-refractivity contribution in [1.82, 2.24) is 4.98 Å². The van der Waals surface area contributed by atoms with E-state index < -0.39 is 0 Å². The van der Waals surface area contributed by atoms with Crippen LogP contribution < -0.4 is 5.73 Å². The molecular weight excluding hydrogens is 148 g/mol. The molecule has 0 unspecified atom stereocenters. The summed E-state index contributed by atoms with van der Waals surface area (Å²) in [7, 11) is 0. The fourth-order valence-electron chi connectivity index (χ4n) is 0.923. The van der Waals surface area contributed by atoms with Crippen molar-refractivity contribution >= 4 is 5.82 Å². The van der Waals surface area contributed by atoms with Gasteiger partial charge in [-0.25, -0.2) is 4.98 Å². The first kappa shape index (κ1) is 11.0. The van der Waals surface area contributed by atoms with Gasteiger partial charge < -0.3 is 5.73 Å². The predicted octanol–water partition coefficient (Wildman–Crippen LogP) is 2.56. The first-order valence-corrected chi connectivity index (χ1v) is 4.45. The average molecular weight is 166 g/mol. The van der Waals surface area contributed by atoms with Gasteiger partial charge in [0.15, 0.2) is 0 Å². The number of hydrogen-bond acceptors (Lipinski definition) is 2. The number of nitrogens with zero attached hydrogens (tertiary/aromatic N) is 1. The van der Waals surface area contributed by atoms with Gasteiger partial charge in [-0.15, -0.1) is 0 Å². The van der Waals surface area contributed by atoms with Crippen LogP contribution >= 0.6 is 0 Å². The second-order valence-corrected chi connectivity index (χ2v) is 2.41. The fourth-order valence-corrected chi connectivity index (χ4v) is 0.923. The Morgan fingerprint density at radius 2 is 2.00 bits per heavy atom. The molecule has 1 heterocycles. The third-order valence-electron chi connectivity index (χ3n) is 1.52. The molecule has 0 radical (unpaired) electrons. The molecule has 1 aromatic heterocycles. The lowest BCUT2D eigenvalue weighted by molar-refractivity contribution is 1.10. The molecular formula is C10H18N2. The average Bonchev–Trinajstić information content (AvgIpc) is 2.13. The van der Waals surface area contributed by atoms with E-state index in [0.717, 1.165) is 12.0 Å². The van der Waals surface area contributed by atoms with Crippen molar-refractivity contribution in [1.29, 1.82) is 0 Å². The number of nitrogen functional groups attached to an aromatic ring is 1. The Hall–Kier alpha value is -1.05. The van der Waals surface area contributed by atoms with Crippen LogP contribution in [0.4, 0.5) is 5.82 Å². The molecule has 2 nitrogen and oxygen atoms in total. The van der Waals surface area contributed by atoms with E-state index in [2.05, 4.69) is 18.0 Å². The van der Waals surface area contributed by atoms with E-state index in [1.165, 1.54) is 5.56 Å². The summed E-state index contributed by atoms with van der Waals surface area (Å²) < 4.78 is 0.